The highest BCUT2D eigenvalue weighted by Crippen LogP contribution is 2.52. The van der Waals surface area contributed by atoms with Crippen LogP contribution < -0.4 is 10.1 Å². The average molecular weight is 602 g/mol. The fourth-order valence-corrected chi connectivity index (χ4v) is 6.17. The maximum absolute atomic E-state index is 14.6. The van der Waals surface area contributed by atoms with E-state index < -0.39 is 22.6 Å². The predicted molar refractivity (Wildman–Crippen MR) is 168 cm³/mol. The molecule has 5 nitrogen and oxygen atoms in total. The van der Waals surface area contributed by atoms with Gasteiger partial charge < -0.3 is 15.2 Å². The van der Waals surface area contributed by atoms with Crippen LogP contribution in [0.5, 0.6) is 11.5 Å². The minimum absolute atomic E-state index is 0.0511. The fourth-order valence-electron chi connectivity index (χ4n) is 4.70. The first kappa shape index (κ1) is 34.2. The van der Waals surface area contributed by atoms with Gasteiger partial charge in [-0.15, -0.1) is 18.3 Å². The first-order valence-corrected chi connectivity index (χ1v) is 15.1. The number of hydrogen-bond donors (Lipinski definition) is 2. The highest BCUT2D eigenvalue weighted by molar-refractivity contribution is 8.05. The van der Waals surface area contributed by atoms with Gasteiger partial charge in [-0.25, -0.2) is 4.39 Å². The van der Waals surface area contributed by atoms with Crippen molar-refractivity contribution in [2.75, 3.05) is 0 Å². The third kappa shape index (κ3) is 8.98. The van der Waals surface area contributed by atoms with E-state index in [1.54, 1.807) is 19.1 Å². The average Bonchev–Trinajstić information content (AvgIpc) is 3.18. The van der Waals surface area contributed by atoms with E-state index in [0.29, 0.717) is 39.8 Å². The van der Waals surface area contributed by atoms with Gasteiger partial charge in [-0.3, -0.25) is 9.59 Å². The smallest absolute Gasteiger partial charge is 0.303 e. The Labute approximate surface area is 252 Å². The summed E-state index contributed by atoms with van der Waals surface area (Å²) in [5.74, 6) is -0.798. The van der Waals surface area contributed by atoms with E-state index in [-0.39, 0.29) is 18.2 Å². The molecule has 222 valence electrons. The summed E-state index contributed by atoms with van der Waals surface area (Å²) in [4.78, 5) is 24.8. The lowest BCUT2D eigenvalue weighted by Gasteiger charge is -2.26. The third-order valence-electron chi connectivity index (χ3n) is 6.92. The van der Waals surface area contributed by atoms with Crippen LogP contribution in [-0.4, -0.2) is 21.7 Å². The van der Waals surface area contributed by atoms with Crippen LogP contribution in [0.2, 0.25) is 0 Å². The van der Waals surface area contributed by atoms with Crippen LogP contribution in [0.3, 0.4) is 0 Å². The molecule has 2 N–H and O–H groups in total. The number of allylic oxidation sites excluding steroid dienone is 3. The Hall–Kier alpha value is -3.03. The first-order valence-electron chi connectivity index (χ1n) is 13.9. The topological polar surface area (TPSA) is 75.6 Å². The molecule has 3 atom stereocenters. The summed E-state index contributed by atoms with van der Waals surface area (Å²) in [6, 6.07) is 9.34. The Morgan fingerprint density at radius 1 is 1.22 bits per heavy atom. The van der Waals surface area contributed by atoms with Crippen LogP contribution in [-0.2, 0) is 22.4 Å². The molecule has 3 rings (SSSR count). The van der Waals surface area contributed by atoms with E-state index in [9.17, 15) is 14.0 Å². The molecule has 1 aliphatic heterocycles. The zero-order chi connectivity index (χ0) is 30.9. The standard InChI is InChI=1S/C31H35ClFNO4S.C2H6/c1-7-21-15-25(11-9-22(21)10-12-28(35)36)38-26-16-23(14-24(33)17-26)20(5)34-30(37)29-19(4)27(13-18(3)32)31(6,8-2)39-29;1-2/h8-9,11,13-17,20,27H,2,7,10,12H2,1,3-6H3,(H,34,37)(H,35,36);1-2H3/b18-13+;. The number of amides is 1. The van der Waals surface area contributed by atoms with Crippen LogP contribution in [0.25, 0.3) is 0 Å². The summed E-state index contributed by atoms with van der Waals surface area (Å²) < 4.78 is 20.2. The van der Waals surface area contributed by atoms with Gasteiger partial charge in [0.1, 0.15) is 17.3 Å². The van der Waals surface area contributed by atoms with Crippen LogP contribution in [0.4, 0.5) is 4.39 Å². The van der Waals surface area contributed by atoms with E-state index in [1.165, 1.54) is 23.9 Å². The van der Waals surface area contributed by atoms with Gasteiger partial charge >= 0.3 is 5.97 Å². The molecule has 2 aromatic rings. The number of aliphatic carboxylic acids is 1. The second-order valence-electron chi connectivity index (χ2n) is 9.93. The number of carboxylic acids is 1. The van der Waals surface area contributed by atoms with Crippen molar-refractivity contribution in [3.63, 3.8) is 0 Å². The number of carbonyl (C=O) groups is 2. The van der Waals surface area contributed by atoms with Gasteiger partial charge in [0, 0.05) is 28.2 Å². The summed E-state index contributed by atoms with van der Waals surface area (Å²) >= 11 is 7.61. The van der Waals surface area contributed by atoms with Crippen molar-refractivity contribution in [3.05, 3.63) is 93.1 Å². The molecule has 1 aliphatic rings. The van der Waals surface area contributed by atoms with Gasteiger partial charge in [-0.2, -0.15) is 0 Å². The molecule has 0 aliphatic carbocycles. The minimum Gasteiger partial charge on any atom is -0.481 e. The predicted octanol–water partition coefficient (Wildman–Crippen LogP) is 9.13. The number of thioether (sulfide) groups is 1. The molecule has 1 heterocycles. The molecule has 1 amide bonds. The molecule has 0 spiro atoms. The summed E-state index contributed by atoms with van der Waals surface area (Å²) in [5, 5.41) is 12.6. The molecular weight excluding hydrogens is 561 g/mol. The van der Waals surface area contributed by atoms with Crippen molar-refractivity contribution in [2.24, 2.45) is 5.92 Å². The number of halogens is 2. The number of ether oxygens (including phenoxy) is 1. The fraction of sp³-hybridized carbons (Fsp3) is 0.394. The highest BCUT2D eigenvalue weighted by Gasteiger charge is 2.42. The van der Waals surface area contributed by atoms with E-state index >= 15 is 0 Å². The SMILES string of the molecule is C=CC1(C)SC(C(=O)NC(C)c2cc(F)cc(Oc3ccc(CCC(=O)O)c(CC)c3)c2)=C(C)C1/C=C(\C)Cl.CC. The monoisotopic (exact) mass is 601 g/mol. The Kier molecular flexibility index (Phi) is 12.7. The normalized spacial score (nSPS) is 19.2. The Morgan fingerprint density at radius 2 is 1.90 bits per heavy atom. The largest absolute Gasteiger partial charge is 0.481 e. The number of rotatable bonds is 11. The molecule has 0 saturated heterocycles. The first-order chi connectivity index (χ1) is 19.4. The summed E-state index contributed by atoms with van der Waals surface area (Å²) in [6.07, 6.45) is 4.97. The number of benzene rings is 2. The molecule has 0 bridgehead atoms. The molecule has 8 heteroatoms. The molecule has 41 heavy (non-hydrogen) atoms. The molecule has 3 unspecified atom stereocenters. The zero-order valence-corrected chi connectivity index (χ0v) is 26.5. The van der Waals surface area contributed by atoms with E-state index in [2.05, 4.69) is 11.9 Å². The van der Waals surface area contributed by atoms with Gasteiger partial charge in [-0.1, -0.05) is 50.6 Å². The molecule has 0 saturated carbocycles. The van der Waals surface area contributed by atoms with Gasteiger partial charge in [0.15, 0.2) is 0 Å². The van der Waals surface area contributed by atoms with Crippen molar-refractivity contribution in [1.82, 2.24) is 5.32 Å². The molecular formula is C33H41ClFNO4S. The van der Waals surface area contributed by atoms with Gasteiger partial charge in [0.25, 0.3) is 5.91 Å². The summed E-state index contributed by atoms with van der Waals surface area (Å²) in [7, 11) is 0. The van der Waals surface area contributed by atoms with Crippen LogP contribution >= 0.6 is 23.4 Å². The maximum atomic E-state index is 14.6. The molecule has 0 radical (unpaired) electrons. The Bertz CT molecular complexity index is 1330. The molecule has 0 fully saturated rings. The summed E-state index contributed by atoms with van der Waals surface area (Å²) in [5.41, 5.74) is 3.40. The molecule has 2 aromatic carbocycles. The van der Waals surface area contributed by atoms with Crippen LogP contribution in [0.1, 0.15) is 77.6 Å². The van der Waals surface area contributed by atoms with Gasteiger partial charge in [0.2, 0.25) is 0 Å². The quantitative estimate of drug-likeness (QED) is 0.251. The van der Waals surface area contributed by atoms with E-state index in [0.717, 1.165) is 16.7 Å². The third-order valence-corrected chi connectivity index (χ3v) is 8.61. The Morgan fingerprint density at radius 3 is 2.49 bits per heavy atom. The highest BCUT2D eigenvalue weighted by atomic mass is 35.5. The van der Waals surface area contributed by atoms with Crippen molar-refractivity contribution in [3.8, 4) is 11.5 Å². The summed E-state index contributed by atoms with van der Waals surface area (Å²) in [6.45, 7) is 17.5. The number of hydrogen-bond acceptors (Lipinski definition) is 4. The van der Waals surface area contributed by atoms with Crippen molar-refractivity contribution >= 4 is 35.2 Å². The van der Waals surface area contributed by atoms with Crippen molar-refractivity contribution in [2.45, 2.75) is 78.5 Å². The lowest BCUT2D eigenvalue weighted by atomic mass is 9.86. The lowest BCUT2D eigenvalue weighted by Crippen LogP contribution is -2.27. The number of carbonyl (C=O) groups excluding carboxylic acids is 1. The number of nitrogens with one attached hydrogen (secondary N) is 1. The second-order valence-corrected chi connectivity index (χ2v) is 12.0. The van der Waals surface area contributed by atoms with Gasteiger partial charge in [-0.05, 0) is 87.1 Å². The van der Waals surface area contributed by atoms with E-state index in [4.69, 9.17) is 21.4 Å². The lowest BCUT2D eigenvalue weighted by molar-refractivity contribution is -0.137. The second kappa shape index (κ2) is 15.3. The number of aryl methyl sites for hydroxylation is 2. The van der Waals surface area contributed by atoms with Crippen LogP contribution in [0.15, 0.2) is 70.6 Å². The van der Waals surface area contributed by atoms with Gasteiger partial charge in [0.05, 0.1) is 10.9 Å². The van der Waals surface area contributed by atoms with Crippen molar-refractivity contribution in [1.29, 1.82) is 0 Å². The van der Waals surface area contributed by atoms with E-state index in [1.807, 2.05) is 65.8 Å². The number of carboxylic acid groups (broad SMARTS) is 1. The minimum atomic E-state index is -0.847. The zero-order valence-electron chi connectivity index (χ0n) is 24.9. The maximum Gasteiger partial charge on any atom is 0.303 e. The molecule has 0 aromatic heterocycles. The van der Waals surface area contributed by atoms with Crippen LogP contribution in [0, 0.1) is 11.7 Å². The Balaban J connectivity index is 0.00000287. The van der Waals surface area contributed by atoms with Crippen molar-refractivity contribution < 1.29 is 23.8 Å².